The van der Waals surface area contributed by atoms with Gasteiger partial charge in [0.15, 0.2) is 20.7 Å². The minimum Gasteiger partial charge on any atom is -0.289 e. The van der Waals surface area contributed by atoms with E-state index in [1.54, 1.807) is 0 Å². The van der Waals surface area contributed by atoms with Crippen molar-refractivity contribution in [3.05, 3.63) is 64.2 Å². The molecular formula is C20H14F6N4O3S. The van der Waals surface area contributed by atoms with E-state index in [0.717, 1.165) is 41.1 Å². The lowest BCUT2D eigenvalue weighted by atomic mass is 10.1. The number of rotatable bonds is 4. The summed E-state index contributed by atoms with van der Waals surface area (Å²) in [5.41, 5.74) is -2.58. The highest BCUT2D eigenvalue weighted by Crippen LogP contribution is 2.31. The van der Waals surface area contributed by atoms with Crippen LogP contribution in [0.3, 0.4) is 0 Å². The molecule has 7 nitrogen and oxygen atoms in total. The van der Waals surface area contributed by atoms with Gasteiger partial charge in [-0.25, -0.2) is 13.4 Å². The van der Waals surface area contributed by atoms with Crippen LogP contribution in [0.5, 0.6) is 0 Å². The first kappa shape index (κ1) is 23.7. The van der Waals surface area contributed by atoms with E-state index in [9.17, 15) is 39.6 Å². The SMILES string of the molecule is CCS(=O)(=O)c1c(-n2ncc3ccc(C(F)(F)F)cc3c2=O)nc2cc(CC(F)(F)F)ccn12. The Hall–Kier alpha value is -3.42. The molecule has 4 aromatic rings. The molecule has 34 heavy (non-hydrogen) atoms. The Labute approximate surface area is 187 Å². The van der Waals surface area contributed by atoms with E-state index < -0.39 is 56.3 Å². The number of nitrogens with zero attached hydrogens (tertiary/aromatic N) is 4. The zero-order chi connectivity index (χ0) is 25.1. The third kappa shape index (κ3) is 4.24. The van der Waals surface area contributed by atoms with Gasteiger partial charge in [0.2, 0.25) is 0 Å². The van der Waals surface area contributed by atoms with Crippen molar-refractivity contribution in [3.8, 4) is 5.82 Å². The maximum Gasteiger partial charge on any atom is 0.416 e. The minimum atomic E-state index is -4.73. The predicted molar refractivity (Wildman–Crippen MR) is 109 cm³/mol. The standard InChI is InChI=1S/C20H14F6N4O3S/c1-2-34(32,33)18-16(28-15-7-11(5-6-29(15)18)9-19(21,22)23)30-17(31)14-8-13(20(24,25)26)4-3-12(14)10-27-30/h3-8,10H,2,9H2,1H3. The predicted octanol–water partition coefficient (Wildman–Crippen LogP) is 3.95. The lowest BCUT2D eigenvalue weighted by Crippen LogP contribution is -2.24. The Morgan fingerprint density at radius 1 is 1.03 bits per heavy atom. The molecule has 3 aromatic heterocycles. The molecule has 0 bridgehead atoms. The van der Waals surface area contributed by atoms with Crippen molar-refractivity contribution in [1.29, 1.82) is 0 Å². The van der Waals surface area contributed by atoms with Crippen LogP contribution in [0.15, 0.2) is 52.5 Å². The molecule has 4 rings (SSSR count). The first-order valence-corrected chi connectivity index (χ1v) is 11.3. The zero-order valence-corrected chi connectivity index (χ0v) is 18.0. The average Bonchev–Trinajstić information content (AvgIpc) is 3.11. The second-order valence-electron chi connectivity index (χ2n) is 7.36. The van der Waals surface area contributed by atoms with Gasteiger partial charge in [0.25, 0.3) is 5.56 Å². The third-order valence-corrected chi connectivity index (χ3v) is 6.75. The molecule has 0 saturated heterocycles. The van der Waals surface area contributed by atoms with Crippen molar-refractivity contribution in [1.82, 2.24) is 19.2 Å². The van der Waals surface area contributed by atoms with Gasteiger partial charge in [-0.3, -0.25) is 9.20 Å². The van der Waals surface area contributed by atoms with Gasteiger partial charge in [-0.15, -0.1) is 0 Å². The molecule has 0 aliphatic rings. The first-order chi connectivity index (χ1) is 15.7. The van der Waals surface area contributed by atoms with Gasteiger partial charge in [0, 0.05) is 11.6 Å². The van der Waals surface area contributed by atoms with E-state index >= 15 is 0 Å². The van der Waals surface area contributed by atoms with Gasteiger partial charge < -0.3 is 0 Å². The monoisotopic (exact) mass is 504 g/mol. The number of halogens is 6. The van der Waals surface area contributed by atoms with E-state index in [4.69, 9.17) is 0 Å². The summed E-state index contributed by atoms with van der Waals surface area (Å²) in [4.78, 5) is 17.1. The highest BCUT2D eigenvalue weighted by atomic mass is 32.2. The minimum absolute atomic E-state index is 0.0744. The van der Waals surface area contributed by atoms with Crippen LogP contribution in [-0.2, 0) is 22.4 Å². The summed E-state index contributed by atoms with van der Waals surface area (Å²) in [7, 11) is -4.11. The number of imidazole rings is 1. The Kier molecular flexibility index (Phi) is 5.46. The van der Waals surface area contributed by atoms with Crippen LogP contribution in [0.2, 0.25) is 0 Å². The number of fused-ring (bicyclic) bond motifs is 2. The highest BCUT2D eigenvalue weighted by Gasteiger charge is 2.32. The van der Waals surface area contributed by atoms with Crippen LogP contribution in [0.25, 0.3) is 22.2 Å². The van der Waals surface area contributed by atoms with Crippen molar-refractivity contribution < 1.29 is 34.8 Å². The van der Waals surface area contributed by atoms with E-state index in [1.165, 1.54) is 6.92 Å². The molecule has 0 N–H and O–H groups in total. The molecule has 0 fully saturated rings. The summed E-state index contributed by atoms with van der Waals surface area (Å²) < 4.78 is 105. The summed E-state index contributed by atoms with van der Waals surface area (Å²) in [6.07, 6.45) is -8.42. The molecule has 0 radical (unpaired) electrons. The Morgan fingerprint density at radius 2 is 1.74 bits per heavy atom. The van der Waals surface area contributed by atoms with Gasteiger partial charge >= 0.3 is 12.4 Å². The van der Waals surface area contributed by atoms with Crippen molar-refractivity contribution in [2.45, 2.75) is 30.7 Å². The largest absolute Gasteiger partial charge is 0.416 e. The Bertz CT molecular complexity index is 1590. The number of aromatic nitrogens is 4. The fourth-order valence-electron chi connectivity index (χ4n) is 3.42. The smallest absolute Gasteiger partial charge is 0.289 e. The summed E-state index contributed by atoms with van der Waals surface area (Å²) >= 11 is 0. The molecule has 0 spiro atoms. The lowest BCUT2D eigenvalue weighted by molar-refractivity contribution is -0.137. The van der Waals surface area contributed by atoms with Gasteiger partial charge in [-0.05, 0) is 29.8 Å². The van der Waals surface area contributed by atoms with E-state index in [-0.39, 0.29) is 22.0 Å². The normalized spacial score (nSPS) is 13.1. The molecule has 180 valence electrons. The number of benzene rings is 1. The number of hydrogen-bond donors (Lipinski definition) is 0. The van der Waals surface area contributed by atoms with Gasteiger partial charge in [0.05, 0.1) is 29.3 Å². The van der Waals surface area contributed by atoms with Crippen molar-refractivity contribution in [3.63, 3.8) is 0 Å². The van der Waals surface area contributed by atoms with Crippen LogP contribution in [0, 0.1) is 0 Å². The van der Waals surface area contributed by atoms with Crippen LogP contribution in [0.4, 0.5) is 26.3 Å². The maximum absolute atomic E-state index is 13.1. The van der Waals surface area contributed by atoms with Crippen molar-refractivity contribution in [2.24, 2.45) is 0 Å². The number of alkyl halides is 6. The molecule has 0 aliphatic heterocycles. The Morgan fingerprint density at radius 3 is 2.35 bits per heavy atom. The second-order valence-corrected chi connectivity index (χ2v) is 9.55. The van der Waals surface area contributed by atoms with E-state index in [1.807, 2.05) is 0 Å². The van der Waals surface area contributed by atoms with Crippen molar-refractivity contribution >= 4 is 26.3 Å². The summed E-state index contributed by atoms with van der Waals surface area (Å²) in [5.74, 6) is -0.978. The number of hydrogen-bond acceptors (Lipinski definition) is 5. The maximum atomic E-state index is 13.1. The van der Waals surface area contributed by atoms with E-state index in [2.05, 4.69) is 10.1 Å². The molecular weight excluding hydrogens is 490 g/mol. The fourth-order valence-corrected chi connectivity index (χ4v) is 4.56. The van der Waals surface area contributed by atoms with E-state index in [0.29, 0.717) is 10.7 Å². The Balaban J connectivity index is 2.02. The highest BCUT2D eigenvalue weighted by molar-refractivity contribution is 7.91. The molecule has 1 aromatic carbocycles. The first-order valence-electron chi connectivity index (χ1n) is 9.61. The summed E-state index contributed by atoms with van der Waals surface area (Å²) in [5, 5.41) is 3.02. The number of sulfone groups is 1. The van der Waals surface area contributed by atoms with Gasteiger partial charge in [-0.2, -0.15) is 36.1 Å². The fraction of sp³-hybridized carbons (Fsp3) is 0.250. The zero-order valence-electron chi connectivity index (χ0n) is 17.1. The lowest BCUT2D eigenvalue weighted by Gasteiger charge is -2.10. The quantitative estimate of drug-likeness (QED) is 0.393. The van der Waals surface area contributed by atoms with Crippen molar-refractivity contribution in [2.75, 3.05) is 5.75 Å². The average molecular weight is 504 g/mol. The molecule has 0 atom stereocenters. The summed E-state index contributed by atoms with van der Waals surface area (Å²) in [6, 6.07) is 4.51. The van der Waals surface area contributed by atoms with Crippen LogP contribution < -0.4 is 5.56 Å². The molecule has 0 saturated carbocycles. The molecule has 0 amide bonds. The third-order valence-electron chi connectivity index (χ3n) is 5.03. The second kappa shape index (κ2) is 7.82. The molecule has 0 unspecified atom stereocenters. The molecule has 14 heteroatoms. The van der Waals surface area contributed by atoms with Crippen LogP contribution in [0.1, 0.15) is 18.1 Å². The topological polar surface area (TPSA) is 86.3 Å². The van der Waals surface area contributed by atoms with Gasteiger partial charge in [-0.1, -0.05) is 13.0 Å². The van der Waals surface area contributed by atoms with Gasteiger partial charge in [0.1, 0.15) is 5.65 Å². The summed E-state index contributed by atoms with van der Waals surface area (Å²) in [6.45, 7) is 1.31. The molecule has 0 aliphatic carbocycles. The molecule has 3 heterocycles. The van der Waals surface area contributed by atoms with Crippen LogP contribution in [-0.4, -0.2) is 39.5 Å². The van der Waals surface area contributed by atoms with Crippen LogP contribution >= 0.6 is 0 Å². The number of pyridine rings is 1.